The maximum absolute atomic E-state index is 12.0. The molecular weight excluding hydrogens is 310 g/mol. The zero-order valence-electron chi connectivity index (χ0n) is 12.7. The number of benzene rings is 2. The summed E-state index contributed by atoms with van der Waals surface area (Å²) in [5.74, 6) is -0.498. The lowest BCUT2D eigenvalue weighted by atomic mass is 10.1. The van der Waals surface area contributed by atoms with Gasteiger partial charge in [-0.05, 0) is 12.1 Å². The first-order valence-electron chi connectivity index (χ1n) is 7.08. The van der Waals surface area contributed by atoms with E-state index in [-0.39, 0.29) is 5.69 Å². The number of aromatic nitrogens is 2. The van der Waals surface area contributed by atoms with Gasteiger partial charge in [-0.25, -0.2) is 9.48 Å². The molecule has 7 nitrogen and oxygen atoms in total. The largest absolute Gasteiger partial charge is 0.465 e. The van der Waals surface area contributed by atoms with Gasteiger partial charge < -0.3 is 4.74 Å². The van der Waals surface area contributed by atoms with Crippen molar-refractivity contribution in [1.29, 1.82) is 0 Å². The number of carbonyl (C=O) groups is 1. The van der Waals surface area contributed by atoms with Crippen molar-refractivity contribution >= 4 is 11.7 Å². The third kappa shape index (κ3) is 2.87. The van der Waals surface area contributed by atoms with Gasteiger partial charge in [0.25, 0.3) is 5.69 Å². The van der Waals surface area contributed by atoms with Crippen LogP contribution in [0.4, 0.5) is 5.69 Å². The summed E-state index contributed by atoms with van der Waals surface area (Å²) in [5, 5.41) is 15.2. The van der Waals surface area contributed by atoms with Gasteiger partial charge in [-0.1, -0.05) is 30.3 Å². The van der Waals surface area contributed by atoms with Crippen LogP contribution in [0.2, 0.25) is 0 Å². The molecule has 0 atom stereocenters. The Bertz CT molecular complexity index is 886. The number of hydrogen-bond acceptors (Lipinski definition) is 5. The van der Waals surface area contributed by atoms with Gasteiger partial charge in [0, 0.05) is 23.9 Å². The molecule has 0 spiro atoms. The van der Waals surface area contributed by atoms with Crippen LogP contribution >= 0.6 is 0 Å². The molecule has 0 unspecified atom stereocenters. The number of nitro benzene ring substituents is 1. The van der Waals surface area contributed by atoms with Gasteiger partial charge in [0.15, 0.2) is 0 Å². The number of esters is 1. The van der Waals surface area contributed by atoms with Crippen molar-refractivity contribution in [2.75, 3.05) is 7.11 Å². The van der Waals surface area contributed by atoms with Crippen LogP contribution in [0.5, 0.6) is 0 Å². The van der Waals surface area contributed by atoms with E-state index in [1.165, 1.54) is 23.9 Å². The first kappa shape index (κ1) is 15.4. The minimum absolute atomic E-state index is 0.0117. The predicted octanol–water partition coefficient (Wildman–Crippen LogP) is 3.23. The van der Waals surface area contributed by atoms with Gasteiger partial charge >= 0.3 is 5.97 Å². The van der Waals surface area contributed by atoms with Crippen molar-refractivity contribution in [3.05, 3.63) is 76.5 Å². The first-order valence-corrected chi connectivity index (χ1v) is 7.08. The Morgan fingerprint density at radius 1 is 1.12 bits per heavy atom. The molecule has 1 aromatic heterocycles. The Balaban J connectivity index is 2.08. The number of methoxy groups -OCH3 is 1. The van der Waals surface area contributed by atoms with Gasteiger partial charge in [0.05, 0.1) is 17.7 Å². The highest BCUT2D eigenvalue weighted by atomic mass is 16.6. The molecule has 0 radical (unpaired) electrons. The second-order valence-electron chi connectivity index (χ2n) is 4.97. The average Bonchev–Trinajstić information content (AvgIpc) is 3.07. The zero-order chi connectivity index (χ0) is 17.1. The highest BCUT2D eigenvalue weighted by Crippen LogP contribution is 2.24. The van der Waals surface area contributed by atoms with Crippen molar-refractivity contribution < 1.29 is 14.5 Å². The monoisotopic (exact) mass is 323 g/mol. The Morgan fingerprint density at radius 2 is 1.79 bits per heavy atom. The molecule has 0 amide bonds. The van der Waals surface area contributed by atoms with E-state index in [0.717, 1.165) is 5.56 Å². The van der Waals surface area contributed by atoms with E-state index in [1.54, 1.807) is 18.3 Å². The second-order valence-corrected chi connectivity index (χ2v) is 4.97. The topological polar surface area (TPSA) is 87.3 Å². The summed E-state index contributed by atoms with van der Waals surface area (Å²) in [5.41, 5.74) is 2.18. The van der Waals surface area contributed by atoms with Crippen LogP contribution in [0, 0.1) is 10.1 Å². The first-order chi connectivity index (χ1) is 11.6. The molecule has 0 aliphatic carbocycles. The summed E-state index contributed by atoms with van der Waals surface area (Å²) >= 11 is 0. The predicted molar refractivity (Wildman–Crippen MR) is 87.0 cm³/mol. The van der Waals surface area contributed by atoms with E-state index in [1.807, 2.05) is 30.3 Å². The molecule has 0 aliphatic rings. The van der Waals surface area contributed by atoms with Crippen molar-refractivity contribution in [3.8, 4) is 16.9 Å². The quantitative estimate of drug-likeness (QED) is 0.418. The maximum atomic E-state index is 12.0. The SMILES string of the molecule is COC(=O)c1cn(-c2ccc([N+](=O)[O-])cc2)nc1-c1ccccc1. The van der Waals surface area contributed by atoms with E-state index in [2.05, 4.69) is 5.10 Å². The molecule has 0 aliphatic heterocycles. The van der Waals surface area contributed by atoms with E-state index >= 15 is 0 Å². The fourth-order valence-corrected chi connectivity index (χ4v) is 2.30. The van der Waals surface area contributed by atoms with Crippen molar-refractivity contribution in [2.24, 2.45) is 0 Å². The lowest BCUT2D eigenvalue weighted by molar-refractivity contribution is -0.384. The molecule has 0 bridgehead atoms. The number of nitrogens with zero attached hydrogens (tertiary/aromatic N) is 3. The van der Waals surface area contributed by atoms with E-state index in [9.17, 15) is 14.9 Å². The van der Waals surface area contributed by atoms with Crippen molar-refractivity contribution in [2.45, 2.75) is 0 Å². The number of nitro groups is 1. The number of hydrogen-bond donors (Lipinski definition) is 0. The number of non-ortho nitro benzene ring substituents is 1. The Kier molecular flexibility index (Phi) is 4.07. The number of carbonyl (C=O) groups excluding carboxylic acids is 1. The molecule has 0 N–H and O–H groups in total. The van der Waals surface area contributed by atoms with Gasteiger partial charge in [-0.3, -0.25) is 10.1 Å². The smallest absolute Gasteiger partial charge is 0.341 e. The summed E-state index contributed by atoms with van der Waals surface area (Å²) in [6.45, 7) is 0. The maximum Gasteiger partial charge on any atom is 0.341 e. The molecule has 0 saturated carbocycles. The molecule has 3 rings (SSSR count). The van der Waals surface area contributed by atoms with Gasteiger partial charge in [0.2, 0.25) is 0 Å². The van der Waals surface area contributed by atoms with Crippen molar-refractivity contribution in [3.63, 3.8) is 0 Å². The minimum Gasteiger partial charge on any atom is -0.465 e. The summed E-state index contributed by atoms with van der Waals surface area (Å²) < 4.78 is 6.31. The molecule has 120 valence electrons. The van der Waals surface area contributed by atoms with Crippen LogP contribution in [0.3, 0.4) is 0 Å². The lowest BCUT2D eigenvalue weighted by Crippen LogP contribution is -2.01. The third-order valence-corrected chi connectivity index (χ3v) is 3.49. The molecule has 7 heteroatoms. The normalized spacial score (nSPS) is 10.4. The molecule has 0 fully saturated rings. The van der Waals surface area contributed by atoms with Crippen molar-refractivity contribution in [1.82, 2.24) is 9.78 Å². The lowest BCUT2D eigenvalue weighted by Gasteiger charge is -2.01. The molecule has 1 heterocycles. The molecule has 24 heavy (non-hydrogen) atoms. The number of ether oxygens (including phenoxy) is 1. The van der Waals surface area contributed by atoms with Crippen LogP contribution in [0.1, 0.15) is 10.4 Å². The highest BCUT2D eigenvalue weighted by molar-refractivity contribution is 5.96. The summed E-state index contributed by atoms with van der Waals surface area (Å²) in [7, 11) is 1.31. The molecule has 2 aromatic carbocycles. The Labute approximate surface area is 137 Å². The summed E-state index contributed by atoms with van der Waals surface area (Å²) in [6.07, 6.45) is 1.55. The second kappa shape index (κ2) is 6.33. The summed E-state index contributed by atoms with van der Waals surface area (Å²) in [4.78, 5) is 22.3. The Morgan fingerprint density at radius 3 is 2.38 bits per heavy atom. The minimum atomic E-state index is -0.498. The third-order valence-electron chi connectivity index (χ3n) is 3.49. The van der Waals surface area contributed by atoms with Crippen LogP contribution in [0.15, 0.2) is 60.8 Å². The van der Waals surface area contributed by atoms with E-state index in [0.29, 0.717) is 16.9 Å². The van der Waals surface area contributed by atoms with E-state index in [4.69, 9.17) is 4.74 Å². The van der Waals surface area contributed by atoms with Crippen LogP contribution in [0.25, 0.3) is 16.9 Å². The van der Waals surface area contributed by atoms with Gasteiger partial charge in [0.1, 0.15) is 11.3 Å². The van der Waals surface area contributed by atoms with Crippen LogP contribution in [-0.2, 0) is 4.74 Å². The average molecular weight is 323 g/mol. The van der Waals surface area contributed by atoms with E-state index < -0.39 is 10.9 Å². The standard InChI is InChI=1S/C17H13N3O4/c1-24-17(21)15-11-19(13-7-9-14(10-8-13)20(22)23)18-16(15)12-5-3-2-4-6-12/h2-11H,1H3. The highest BCUT2D eigenvalue weighted by Gasteiger charge is 2.19. The number of rotatable bonds is 4. The summed E-state index contributed by atoms with van der Waals surface area (Å²) in [6, 6.07) is 15.2. The zero-order valence-corrected chi connectivity index (χ0v) is 12.7. The van der Waals surface area contributed by atoms with Gasteiger partial charge in [-0.15, -0.1) is 0 Å². The van der Waals surface area contributed by atoms with Crippen LogP contribution in [-0.4, -0.2) is 27.8 Å². The van der Waals surface area contributed by atoms with Gasteiger partial charge in [-0.2, -0.15) is 5.10 Å². The van der Waals surface area contributed by atoms with Crippen LogP contribution < -0.4 is 0 Å². The Hall–Kier alpha value is -3.48. The fraction of sp³-hybridized carbons (Fsp3) is 0.0588. The fourth-order valence-electron chi connectivity index (χ4n) is 2.30. The molecule has 3 aromatic rings. The molecule has 0 saturated heterocycles. The molecular formula is C17H13N3O4.